The van der Waals surface area contributed by atoms with Crippen LogP contribution < -0.4 is 5.43 Å². The van der Waals surface area contributed by atoms with Gasteiger partial charge < -0.3 is 10.2 Å². The Morgan fingerprint density at radius 2 is 1.96 bits per heavy atom. The Morgan fingerprint density at radius 1 is 1.24 bits per heavy atom. The molecule has 3 N–H and O–H groups in total. The van der Waals surface area contributed by atoms with Crippen LogP contribution >= 0.6 is 54.8 Å². The van der Waals surface area contributed by atoms with Gasteiger partial charge in [-0.3, -0.25) is 4.79 Å². The summed E-state index contributed by atoms with van der Waals surface area (Å²) in [5.74, 6) is -0.770. The molecule has 0 saturated heterocycles. The van der Waals surface area contributed by atoms with Gasteiger partial charge in [0, 0.05) is 15.6 Å². The summed E-state index contributed by atoms with van der Waals surface area (Å²) in [6.07, 6.45) is 1.27. The highest BCUT2D eigenvalue weighted by atomic mass is 79.9. The number of amides is 1. The Labute approximate surface area is 168 Å². The third kappa shape index (κ3) is 3.52. The first-order valence-corrected chi connectivity index (χ1v) is 9.58. The number of rotatable bonds is 3. The van der Waals surface area contributed by atoms with Crippen molar-refractivity contribution in [3.8, 4) is 11.5 Å². The number of hydrazone groups is 1. The zero-order valence-electron chi connectivity index (χ0n) is 12.3. The standard InChI is InChI=1S/C16H9Br2ClN2O3S/c17-9-5-7(13(22)11(18)14(9)23)6-20-21-16(24)15-12(19)8-3-1-2-4-10(8)25-15/h1-6,22-23H,(H,21,24). The average Bonchev–Trinajstić information content (AvgIpc) is 2.94. The van der Waals surface area contributed by atoms with Gasteiger partial charge in [0.05, 0.1) is 15.7 Å². The molecule has 0 spiro atoms. The minimum atomic E-state index is -0.446. The normalized spacial score (nSPS) is 11.3. The fourth-order valence-corrected chi connectivity index (χ4v) is 4.65. The van der Waals surface area contributed by atoms with Crippen LogP contribution in [-0.4, -0.2) is 22.3 Å². The smallest absolute Gasteiger partial charge is 0.283 e. The van der Waals surface area contributed by atoms with Gasteiger partial charge in [-0.25, -0.2) is 5.43 Å². The lowest BCUT2D eigenvalue weighted by Gasteiger charge is -2.06. The predicted octanol–water partition coefficient (Wildman–Crippen LogP) is 5.25. The number of phenols is 2. The number of nitrogens with zero attached hydrogens (tertiary/aromatic N) is 1. The summed E-state index contributed by atoms with van der Waals surface area (Å²) >= 11 is 13.8. The second-order valence-corrected chi connectivity index (χ2v) is 7.98. The monoisotopic (exact) mass is 502 g/mol. The van der Waals surface area contributed by atoms with E-state index in [0.29, 0.717) is 19.9 Å². The van der Waals surface area contributed by atoms with Crippen LogP contribution in [0, 0.1) is 0 Å². The Balaban J connectivity index is 1.82. The summed E-state index contributed by atoms with van der Waals surface area (Å²) in [6, 6.07) is 8.92. The Kier molecular flexibility index (Phi) is 5.33. The molecule has 0 unspecified atom stereocenters. The van der Waals surface area contributed by atoms with Gasteiger partial charge in [0.15, 0.2) is 0 Å². The largest absolute Gasteiger partial charge is 0.506 e. The van der Waals surface area contributed by atoms with Gasteiger partial charge in [0.2, 0.25) is 0 Å². The van der Waals surface area contributed by atoms with Crippen molar-refractivity contribution in [3.05, 3.63) is 54.7 Å². The summed E-state index contributed by atoms with van der Waals surface area (Å²) in [5.41, 5.74) is 2.69. The maximum Gasteiger partial charge on any atom is 0.283 e. The van der Waals surface area contributed by atoms with Gasteiger partial charge in [-0.2, -0.15) is 5.10 Å². The van der Waals surface area contributed by atoms with E-state index in [0.717, 1.165) is 10.1 Å². The maximum atomic E-state index is 12.3. The van der Waals surface area contributed by atoms with Crippen LogP contribution in [0.15, 0.2) is 44.4 Å². The number of benzene rings is 2. The second-order valence-electron chi connectivity index (χ2n) is 4.90. The predicted molar refractivity (Wildman–Crippen MR) is 107 cm³/mol. The highest BCUT2D eigenvalue weighted by Crippen LogP contribution is 2.40. The maximum absolute atomic E-state index is 12.3. The lowest BCUT2D eigenvalue weighted by atomic mass is 10.2. The van der Waals surface area contributed by atoms with E-state index in [1.165, 1.54) is 23.6 Å². The van der Waals surface area contributed by atoms with E-state index in [2.05, 4.69) is 42.4 Å². The van der Waals surface area contributed by atoms with Crippen LogP contribution in [0.4, 0.5) is 0 Å². The van der Waals surface area contributed by atoms with Gasteiger partial charge in [-0.1, -0.05) is 29.8 Å². The van der Waals surface area contributed by atoms with E-state index < -0.39 is 5.91 Å². The van der Waals surface area contributed by atoms with E-state index in [-0.39, 0.29) is 16.0 Å². The van der Waals surface area contributed by atoms with Crippen molar-refractivity contribution >= 4 is 77.0 Å². The first-order valence-electron chi connectivity index (χ1n) is 6.80. The number of carbonyl (C=O) groups is 1. The molecular formula is C16H9Br2ClN2O3S. The topological polar surface area (TPSA) is 81.9 Å². The van der Waals surface area contributed by atoms with Crippen LogP contribution in [0.25, 0.3) is 10.1 Å². The van der Waals surface area contributed by atoms with Gasteiger partial charge in [0.1, 0.15) is 20.8 Å². The van der Waals surface area contributed by atoms with E-state index in [1.54, 1.807) is 0 Å². The van der Waals surface area contributed by atoms with E-state index in [9.17, 15) is 15.0 Å². The van der Waals surface area contributed by atoms with Crippen molar-refractivity contribution in [3.63, 3.8) is 0 Å². The Bertz CT molecular complexity index is 1020. The van der Waals surface area contributed by atoms with E-state index >= 15 is 0 Å². The third-order valence-corrected chi connectivity index (χ3v) is 6.34. The lowest BCUT2D eigenvalue weighted by molar-refractivity contribution is 0.0959. The molecule has 128 valence electrons. The zero-order chi connectivity index (χ0) is 18.1. The molecule has 5 nitrogen and oxygen atoms in total. The van der Waals surface area contributed by atoms with Crippen molar-refractivity contribution in [1.29, 1.82) is 0 Å². The van der Waals surface area contributed by atoms with Crippen LogP contribution in [0.2, 0.25) is 5.02 Å². The molecule has 1 aromatic heterocycles. The van der Waals surface area contributed by atoms with E-state index in [4.69, 9.17) is 11.6 Å². The summed E-state index contributed by atoms with van der Waals surface area (Å²) < 4.78 is 1.41. The van der Waals surface area contributed by atoms with Crippen LogP contribution in [0.3, 0.4) is 0 Å². The molecule has 2 aromatic carbocycles. The number of carbonyl (C=O) groups excluding carboxylic acids is 1. The van der Waals surface area contributed by atoms with Gasteiger partial charge >= 0.3 is 0 Å². The summed E-state index contributed by atoms with van der Waals surface area (Å²) in [6.45, 7) is 0. The molecule has 0 atom stereocenters. The Hall–Kier alpha value is -1.61. The number of thiophene rings is 1. The van der Waals surface area contributed by atoms with Gasteiger partial charge in [0.25, 0.3) is 5.91 Å². The van der Waals surface area contributed by atoms with Crippen LogP contribution in [0.5, 0.6) is 11.5 Å². The molecule has 1 heterocycles. The molecular weight excluding hydrogens is 496 g/mol. The molecule has 0 saturated carbocycles. The molecule has 1 amide bonds. The molecule has 0 bridgehead atoms. The quantitative estimate of drug-likeness (QED) is 0.336. The molecule has 0 aliphatic heterocycles. The summed E-state index contributed by atoms with van der Waals surface area (Å²) in [7, 11) is 0. The highest BCUT2D eigenvalue weighted by Gasteiger charge is 2.17. The fourth-order valence-electron chi connectivity index (χ4n) is 2.09. The minimum Gasteiger partial charge on any atom is -0.506 e. The van der Waals surface area contributed by atoms with Crippen molar-refractivity contribution < 1.29 is 15.0 Å². The fraction of sp³-hybridized carbons (Fsp3) is 0. The molecule has 0 radical (unpaired) electrons. The summed E-state index contributed by atoms with van der Waals surface area (Å²) in [5, 5.41) is 24.7. The molecule has 3 aromatic rings. The second kappa shape index (κ2) is 7.33. The van der Waals surface area contributed by atoms with Crippen molar-refractivity contribution in [2.45, 2.75) is 0 Å². The molecule has 0 aliphatic rings. The molecule has 0 aliphatic carbocycles. The number of hydrogen-bond acceptors (Lipinski definition) is 5. The van der Waals surface area contributed by atoms with Gasteiger partial charge in [-0.15, -0.1) is 11.3 Å². The van der Waals surface area contributed by atoms with Crippen molar-refractivity contribution in [2.24, 2.45) is 5.10 Å². The van der Waals surface area contributed by atoms with Gasteiger partial charge in [-0.05, 0) is 44.0 Å². The number of phenolic OH excluding ortho intramolecular Hbond substituents is 2. The minimum absolute atomic E-state index is 0.127. The SMILES string of the molecule is O=C(NN=Cc1cc(Br)c(O)c(Br)c1O)c1sc2ccccc2c1Cl. The first-order chi connectivity index (χ1) is 11.9. The summed E-state index contributed by atoms with van der Waals surface area (Å²) in [4.78, 5) is 12.6. The average molecular weight is 505 g/mol. The zero-order valence-corrected chi connectivity index (χ0v) is 17.0. The number of nitrogens with one attached hydrogen (secondary N) is 1. The highest BCUT2D eigenvalue weighted by molar-refractivity contribution is 9.11. The lowest BCUT2D eigenvalue weighted by Crippen LogP contribution is -2.16. The molecule has 0 fully saturated rings. The number of aromatic hydroxyl groups is 2. The van der Waals surface area contributed by atoms with Crippen molar-refractivity contribution in [2.75, 3.05) is 0 Å². The third-order valence-electron chi connectivity index (χ3n) is 3.31. The van der Waals surface area contributed by atoms with Crippen LogP contribution in [0.1, 0.15) is 15.2 Å². The molecule has 9 heteroatoms. The first kappa shape index (κ1) is 18.2. The number of fused-ring (bicyclic) bond motifs is 1. The van der Waals surface area contributed by atoms with Crippen molar-refractivity contribution in [1.82, 2.24) is 5.43 Å². The van der Waals surface area contributed by atoms with Crippen LogP contribution in [-0.2, 0) is 0 Å². The number of halogens is 3. The number of hydrogen-bond donors (Lipinski definition) is 3. The van der Waals surface area contributed by atoms with E-state index in [1.807, 2.05) is 24.3 Å². The Morgan fingerprint density at radius 3 is 2.68 bits per heavy atom. The molecule has 3 rings (SSSR count). The molecule has 25 heavy (non-hydrogen) atoms.